The van der Waals surface area contributed by atoms with Crippen molar-refractivity contribution in [2.75, 3.05) is 0 Å². The van der Waals surface area contributed by atoms with Crippen molar-refractivity contribution in [3.8, 4) is 6.07 Å². The van der Waals surface area contributed by atoms with Crippen molar-refractivity contribution in [3.63, 3.8) is 0 Å². The molecular formula is C15H12BrN3O. The molecule has 0 saturated heterocycles. The molecule has 1 aromatic carbocycles. The van der Waals surface area contributed by atoms with E-state index in [-0.39, 0.29) is 11.9 Å². The SMILES string of the molecule is CC(NC(=O)c1ccc(Br)nc1)c1ccc(C#N)cc1. The van der Waals surface area contributed by atoms with E-state index in [1.54, 1.807) is 24.3 Å². The lowest BCUT2D eigenvalue weighted by atomic mass is 10.1. The zero-order valence-electron chi connectivity index (χ0n) is 10.8. The van der Waals surface area contributed by atoms with E-state index in [0.717, 1.165) is 5.56 Å². The van der Waals surface area contributed by atoms with Crippen molar-refractivity contribution in [1.82, 2.24) is 10.3 Å². The third-order valence-corrected chi connectivity index (χ3v) is 3.35. The Morgan fingerprint density at radius 1 is 1.30 bits per heavy atom. The second-order valence-electron chi connectivity index (χ2n) is 4.30. The maximum Gasteiger partial charge on any atom is 0.253 e. The first-order valence-corrected chi connectivity index (χ1v) is 6.82. The highest BCUT2D eigenvalue weighted by atomic mass is 79.9. The van der Waals surface area contributed by atoms with Gasteiger partial charge >= 0.3 is 0 Å². The highest BCUT2D eigenvalue weighted by Gasteiger charge is 2.11. The van der Waals surface area contributed by atoms with E-state index >= 15 is 0 Å². The topological polar surface area (TPSA) is 65.8 Å². The number of benzene rings is 1. The van der Waals surface area contributed by atoms with Gasteiger partial charge in [-0.25, -0.2) is 4.98 Å². The van der Waals surface area contributed by atoms with Gasteiger partial charge in [-0.2, -0.15) is 5.26 Å². The Morgan fingerprint density at radius 2 is 2.00 bits per heavy atom. The minimum Gasteiger partial charge on any atom is -0.345 e. The molecule has 0 radical (unpaired) electrons. The summed E-state index contributed by atoms with van der Waals surface area (Å²) in [6, 6.07) is 12.5. The summed E-state index contributed by atoms with van der Waals surface area (Å²) < 4.78 is 0.689. The summed E-state index contributed by atoms with van der Waals surface area (Å²) in [6.07, 6.45) is 1.52. The fourth-order valence-electron chi connectivity index (χ4n) is 1.72. The Morgan fingerprint density at radius 3 is 2.55 bits per heavy atom. The van der Waals surface area contributed by atoms with E-state index in [4.69, 9.17) is 5.26 Å². The number of nitriles is 1. The normalized spacial score (nSPS) is 11.4. The first-order valence-electron chi connectivity index (χ1n) is 6.02. The lowest BCUT2D eigenvalue weighted by Gasteiger charge is -2.14. The Balaban J connectivity index is 2.06. The molecule has 0 aliphatic heterocycles. The highest BCUT2D eigenvalue weighted by molar-refractivity contribution is 9.10. The van der Waals surface area contributed by atoms with Crippen LogP contribution in [0.2, 0.25) is 0 Å². The molecule has 1 N–H and O–H groups in total. The average molecular weight is 330 g/mol. The van der Waals surface area contributed by atoms with Gasteiger partial charge in [-0.1, -0.05) is 12.1 Å². The second kappa shape index (κ2) is 6.31. The fourth-order valence-corrected chi connectivity index (χ4v) is 1.95. The molecule has 2 aromatic rings. The number of amides is 1. The summed E-state index contributed by atoms with van der Waals surface area (Å²) in [5.41, 5.74) is 2.06. The van der Waals surface area contributed by atoms with Crippen LogP contribution in [0.1, 0.15) is 34.5 Å². The first-order chi connectivity index (χ1) is 9.60. The predicted octanol–water partition coefficient (Wildman–Crippen LogP) is 3.21. The summed E-state index contributed by atoms with van der Waals surface area (Å²) in [6.45, 7) is 1.89. The van der Waals surface area contributed by atoms with E-state index in [9.17, 15) is 4.79 Å². The van der Waals surface area contributed by atoms with Gasteiger partial charge in [0.2, 0.25) is 0 Å². The molecule has 0 aliphatic rings. The van der Waals surface area contributed by atoms with E-state index in [0.29, 0.717) is 15.7 Å². The minimum absolute atomic E-state index is 0.140. The van der Waals surface area contributed by atoms with Crippen LogP contribution in [0.3, 0.4) is 0 Å². The molecule has 0 fully saturated rings. The number of aromatic nitrogens is 1. The van der Waals surface area contributed by atoms with Crippen molar-refractivity contribution < 1.29 is 4.79 Å². The van der Waals surface area contributed by atoms with Crippen LogP contribution in [0.5, 0.6) is 0 Å². The lowest BCUT2D eigenvalue weighted by molar-refractivity contribution is 0.0939. The molecule has 0 saturated carbocycles. The highest BCUT2D eigenvalue weighted by Crippen LogP contribution is 2.14. The van der Waals surface area contributed by atoms with E-state index < -0.39 is 0 Å². The quantitative estimate of drug-likeness (QED) is 0.879. The number of carbonyl (C=O) groups excluding carboxylic acids is 1. The minimum atomic E-state index is -0.179. The van der Waals surface area contributed by atoms with Crippen LogP contribution in [0.25, 0.3) is 0 Å². The maximum atomic E-state index is 12.0. The summed E-state index contributed by atoms with van der Waals surface area (Å²) in [7, 11) is 0. The number of hydrogen-bond acceptors (Lipinski definition) is 3. The van der Waals surface area contributed by atoms with Gasteiger partial charge in [0.15, 0.2) is 0 Å². The van der Waals surface area contributed by atoms with Crippen LogP contribution in [0, 0.1) is 11.3 Å². The lowest BCUT2D eigenvalue weighted by Crippen LogP contribution is -2.26. The van der Waals surface area contributed by atoms with E-state index in [2.05, 4.69) is 32.3 Å². The average Bonchev–Trinajstić information content (AvgIpc) is 2.48. The number of rotatable bonds is 3. The van der Waals surface area contributed by atoms with Crippen LogP contribution < -0.4 is 5.32 Å². The van der Waals surface area contributed by atoms with Crippen LogP contribution >= 0.6 is 15.9 Å². The van der Waals surface area contributed by atoms with Crippen LogP contribution in [0.15, 0.2) is 47.2 Å². The molecule has 1 amide bonds. The van der Waals surface area contributed by atoms with Crippen molar-refractivity contribution in [2.45, 2.75) is 13.0 Å². The number of pyridine rings is 1. The summed E-state index contributed by atoms with van der Waals surface area (Å²) in [5.74, 6) is -0.179. The maximum absolute atomic E-state index is 12.0. The van der Waals surface area contributed by atoms with E-state index in [1.807, 2.05) is 19.1 Å². The molecule has 0 aliphatic carbocycles. The number of nitrogens with one attached hydrogen (secondary N) is 1. The Labute approximate surface area is 125 Å². The van der Waals surface area contributed by atoms with Gasteiger partial charge in [-0.15, -0.1) is 0 Å². The van der Waals surface area contributed by atoms with Crippen molar-refractivity contribution in [2.24, 2.45) is 0 Å². The first kappa shape index (κ1) is 14.2. The van der Waals surface area contributed by atoms with Gasteiger partial charge in [-0.3, -0.25) is 4.79 Å². The summed E-state index contributed by atoms with van der Waals surface area (Å²) in [5, 5.41) is 11.6. The van der Waals surface area contributed by atoms with Gasteiger partial charge < -0.3 is 5.32 Å². The monoisotopic (exact) mass is 329 g/mol. The Kier molecular flexibility index (Phi) is 4.49. The van der Waals surface area contributed by atoms with Crippen LogP contribution in [0.4, 0.5) is 0 Å². The largest absolute Gasteiger partial charge is 0.345 e. The predicted molar refractivity (Wildman–Crippen MR) is 79.0 cm³/mol. The molecule has 5 heteroatoms. The zero-order valence-corrected chi connectivity index (χ0v) is 12.4. The molecule has 1 atom stereocenters. The molecule has 0 bridgehead atoms. The van der Waals surface area contributed by atoms with Crippen LogP contribution in [-0.4, -0.2) is 10.9 Å². The smallest absolute Gasteiger partial charge is 0.253 e. The van der Waals surface area contributed by atoms with Crippen LogP contribution in [-0.2, 0) is 0 Å². The molecule has 20 heavy (non-hydrogen) atoms. The van der Waals surface area contributed by atoms with Crippen molar-refractivity contribution >= 4 is 21.8 Å². The molecule has 1 unspecified atom stereocenters. The number of nitrogens with zero attached hydrogens (tertiary/aromatic N) is 2. The second-order valence-corrected chi connectivity index (χ2v) is 5.11. The third-order valence-electron chi connectivity index (χ3n) is 2.88. The third kappa shape index (κ3) is 3.43. The summed E-state index contributed by atoms with van der Waals surface area (Å²) in [4.78, 5) is 16.1. The van der Waals surface area contributed by atoms with Crippen molar-refractivity contribution in [1.29, 1.82) is 5.26 Å². The van der Waals surface area contributed by atoms with Gasteiger partial charge in [0.05, 0.1) is 23.2 Å². The molecule has 2 rings (SSSR count). The van der Waals surface area contributed by atoms with Gasteiger partial charge in [0.1, 0.15) is 4.60 Å². The summed E-state index contributed by atoms with van der Waals surface area (Å²) >= 11 is 3.23. The zero-order chi connectivity index (χ0) is 14.5. The Bertz CT molecular complexity index is 644. The molecule has 1 heterocycles. The molecule has 4 nitrogen and oxygen atoms in total. The molecular weight excluding hydrogens is 318 g/mol. The molecule has 100 valence electrons. The molecule has 1 aromatic heterocycles. The number of hydrogen-bond donors (Lipinski definition) is 1. The Hall–Kier alpha value is -2.19. The van der Waals surface area contributed by atoms with Gasteiger partial charge in [-0.05, 0) is 52.7 Å². The standard InChI is InChI=1S/C15H12BrN3O/c1-10(12-4-2-11(8-17)3-5-12)19-15(20)13-6-7-14(16)18-9-13/h2-7,9-10H,1H3,(H,19,20). The van der Waals surface area contributed by atoms with Crippen molar-refractivity contribution in [3.05, 3.63) is 63.9 Å². The number of carbonyl (C=O) groups is 1. The molecule has 0 spiro atoms. The van der Waals surface area contributed by atoms with Gasteiger partial charge in [0.25, 0.3) is 5.91 Å². The van der Waals surface area contributed by atoms with E-state index in [1.165, 1.54) is 6.20 Å². The number of halogens is 1. The fraction of sp³-hybridized carbons (Fsp3) is 0.133. The van der Waals surface area contributed by atoms with Gasteiger partial charge in [0, 0.05) is 6.20 Å².